The van der Waals surface area contributed by atoms with Crippen LogP contribution in [0.2, 0.25) is 0 Å². The monoisotopic (exact) mass is 271 g/mol. The van der Waals surface area contributed by atoms with E-state index in [4.69, 9.17) is 5.73 Å². The van der Waals surface area contributed by atoms with Gasteiger partial charge in [0.05, 0.1) is 17.6 Å². The molecule has 98 valence electrons. The van der Waals surface area contributed by atoms with Crippen LogP contribution in [0, 0.1) is 6.92 Å². The molecule has 3 aromatic rings. The molecule has 0 saturated carbocycles. The molecule has 0 aliphatic rings. The number of anilines is 1. The van der Waals surface area contributed by atoms with Gasteiger partial charge in [-0.2, -0.15) is 0 Å². The molecule has 0 aliphatic carbocycles. The first-order chi connectivity index (χ1) is 9.19. The molecule has 2 N–H and O–H groups in total. The van der Waals surface area contributed by atoms with Crippen molar-refractivity contribution in [2.24, 2.45) is 0 Å². The highest BCUT2D eigenvalue weighted by molar-refractivity contribution is 7.10. The maximum absolute atomic E-state index is 5.84. The van der Waals surface area contributed by atoms with E-state index in [0.29, 0.717) is 0 Å². The summed E-state index contributed by atoms with van der Waals surface area (Å²) in [5.74, 6) is 1.12. The molecule has 2 heterocycles. The van der Waals surface area contributed by atoms with Crippen LogP contribution in [0.4, 0.5) is 5.69 Å². The second-order valence-electron chi connectivity index (χ2n) is 4.74. The molecule has 0 fully saturated rings. The fraction of sp³-hybridized carbons (Fsp3) is 0.267. The van der Waals surface area contributed by atoms with Crippen LogP contribution in [-0.2, 0) is 13.0 Å². The SMILES string of the molecule is CCc1nc2cc(N)ccc2n1Cc1sccc1C. The maximum Gasteiger partial charge on any atom is 0.109 e. The van der Waals surface area contributed by atoms with Crippen molar-refractivity contribution in [1.82, 2.24) is 9.55 Å². The molecule has 0 bridgehead atoms. The van der Waals surface area contributed by atoms with E-state index >= 15 is 0 Å². The largest absolute Gasteiger partial charge is 0.399 e. The third-order valence-corrected chi connectivity index (χ3v) is 4.45. The second kappa shape index (κ2) is 4.70. The van der Waals surface area contributed by atoms with Crippen LogP contribution >= 0.6 is 11.3 Å². The molecule has 0 saturated heterocycles. The summed E-state index contributed by atoms with van der Waals surface area (Å²) in [5, 5.41) is 2.15. The quantitative estimate of drug-likeness (QED) is 0.740. The van der Waals surface area contributed by atoms with E-state index in [0.717, 1.165) is 30.0 Å². The Morgan fingerprint density at radius 2 is 2.16 bits per heavy atom. The molecule has 0 unspecified atom stereocenters. The third kappa shape index (κ3) is 2.12. The molecule has 0 aliphatic heterocycles. The van der Waals surface area contributed by atoms with Gasteiger partial charge < -0.3 is 10.3 Å². The van der Waals surface area contributed by atoms with Gasteiger partial charge in [0, 0.05) is 17.0 Å². The van der Waals surface area contributed by atoms with Gasteiger partial charge in [0.25, 0.3) is 0 Å². The minimum atomic E-state index is 0.770. The molecule has 3 nitrogen and oxygen atoms in total. The zero-order valence-corrected chi connectivity index (χ0v) is 12.0. The topological polar surface area (TPSA) is 43.8 Å². The number of thiophene rings is 1. The van der Waals surface area contributed by atoms with Gasteiger partial charge in [-0.05, 0) is 42.1 Å². The summed E-state index contributed by atoms with van der Waals surface area (Å²) in [6.07, 6.45) is 0.930. The molecule has 3 rings (SSSR count). The number of fused-ring (bicyclic) bond motifs is 1. The Balaban J connectivity index is 2.13. The molecule has 0 spiro atoms. The van der Waals surface area contributed by atoms with E-state index in [-0.39, 0.29) is 0 Å². The number of aromatic nitrogens is 2. The van der Waals surface area contributed by atoms with Gasteiger partial charge >= 0.3 is 0 Å². The molecule has 1 aromatic carbocycles. The molecule has 0 amide bonds. The highest BCUT2D eigenvalue weighted by atomic mass is 32.1. The average molecular weight is 271 g/mol. The van der Waals surface area contributed by atoms with Crippen LogP contribution in [0.1, 0.15) is 23.2 Å². The Bertz CT molecular complexity index is 724. The van der Waals surface area contributed by atoms with Crippen LogP contribution in [0.5, 0.6) is 0 Å². The first-order valence-corrected chi connectivity index (χ1v) is 7.34. The lowest BCUT2D eigenvalue weighted by molar-refractivity contribution is 0.759. The predicted molar refractivity (Wildman–Crippen MR) is 81.7 cm³/mol. The van der Waals surface area contributed by atoms with Gasteiger partial charge in [-0.1, -0.05) is 6.92 Å². The molecule has 19 heavy (non-hydrogen) atoms. The Labute approximate surface area is 116 Å². The summed E-state index contributed by atoms with van der Waals surface area (Å²) in [6, 6.07) is 8.13. The summed E-state index contributed by atoms with van der Waals surface area (Å²) in [6.45, 7) is 5.20. The van der Waals surface area contributed by atoms with Crippen molar-refractivity contribution in [3.05, 3.63) is 45.9 Å². The van der Waals surface area contributed by atoms with Crippen LogP contribution in [0.3, 0.4) is 0 Å². The highest BCUT2D eigenvalue weighted by Gasteiger charge is 2.11. The number of aryl methyl sites for hydroxylation is 2. The number of nitrogens with zero attached hydrogens (tertiary/aromatic N) is 2. The van der Waals surface area contributed by atoms with E-state index in [1.54, 1.807) is 11.3 Å². The minimum Gasteiger partial charge on any atom is -0.399 e. The van der Waals surface area contributed by atoms with E-state index in [9.17, 15) is 0 Å². The number of hydrogen-bond acceptors (Lipinski definition) is 3. The van der Waals surface area contributed by atoms with Gasteiger partial charge in [0.1, 0.15) is 5.82 Å². The second-order valence-corrected chi connectivity index (χ2v) is 5.74. The van der Waals surface area contributed by atoms with Crippen LogP contribution in [0.25, 0.3) is 11.0 Å². The Hall–Kier alpha value is -1.81. The van der Waals surface area contributed by atoms with E-state index in [2.05, 4.69) is 40.9 Å². The number of rotatable bonds is 3. The number of hydrogen-bond donors (Lipinski definition) is 1. The third-order valence-electron chi connectivity index (χ3n) is 3.44. The normalized spacial score (nSPS) is 11.3. The first kappa shape index (κ1) is 12.2. The lowest BCUT2D eigenvalue weighted by Crippen LogP contribution is -2.04. The van der Waals surface area contributed by atoms with Crippen molar-refractivity contribution in [2.75, 3.05) is 5.73 Å². The highest BCUT2D eigenvalue weighted by Crippen LogP contribution is 2.23. The van der Waals surface area contributed by atoms with Gasteiger partial charge in [-0.15, -0.1) is 11.3 Å². The Kier molecular flexibility index (Phi) is 3.03. The van der Waals surface area contributed by atoms with Crippen molar-refractivity contribution in [2.45, 2.75) is 26.8 Å². The zero-order chi connectivity index (χ0) is 13.4. The van der Waals surface area contributed by atoms with Gasteiger partial charge in [0.15, 0.2) is 0 Å². The van der Waals surface area contributed by atoms with E-state index in [1.807, 2.05) is 12.1 Å². The van der Waals surface area contributed by atoms with Crippen molar-refractivity contribution >= 4 is 28.1 Å². The minimum absolute atomic E-state index is 0.770. The lowest BCUT2D eigenvalue weighted by atomic mass is 10.2. The number of imidazole rings is 1. The lowest BCUT2D eigenvalue weighted by Gasteiger charge is -2.07. The Morgan fingerprint density at radius 3 is 2.84 bits per heavy atom. The summed E-state index contributed by atoms with van der Waals surface area (Å²) in [4.78, 5) is 6.08. The van der Waals surface area contributed by atoms with Crippen LogP contribution in [-0.4, -0.2) is 9.55 Å². The van der Waals surface area contributed by atoms with Crippen molar-refractivity contribution < 1.29 is 0 Å². The van der Waals surface area contributed by atoms with Crippen molar-refractivity contribution in [1.29, 1.82) is 0 Å². The first-order valence-electron chi connectivity index (χ1n) is 6.46. The molecular weight excluding hydrogens is 254 g/mol. The molecular formula is C15H17N3S. The summed E-state index contributed by atoms with van der Waals surface area (Å²) < 4.78 is 2.30. The molecule has 0 atom stereocenters. The molecule has 2 aromatic heterocycles. The smallest absolute Gasteiger partial charge is 0.109 e. The van der Waals surface area contributed by atoms with Gasteiger partial charge in [-0.3, -0.25) is 0 Å². The van der Waals surface area contributed by atoms with E-state index in [1.165, 1.54) is 16.0 Å². The fourth-order valence-corrected chi connectivity index (χ4v) is 3.25. The number of benzene rings is 1. The average Bonchev–Trinajstić information content (AvgIpc) is 2.94. The maximum atomic E-state index is 5.84. The van der Waals surface area contributed by atoms with E-state index < -0.39 is 0 Å². The summed E-state index contributed by atoms with van der Waals surface area (Å²) in [5.41, 5.74) is 10.1. The zero-order valence-electron chi connectivity index (χ0n) is 11.2. The van der Waals surface area contributed by atoms with Gasteiger partial charge in [0.2, 0.25) is 0 Å². The predicted octanol–water partition coefficient (Wildman–Crippen LogP) is 3.60. The van der Waals surface area contributed by atoms with Crippen LogP contribution < -0.4 is 5.73 Å². The fourth-order valence-electron chi connectivity index (χ4n) is 2.35. The van der Waals surface area contributed by atoms with Gasteiger partial charge in [-0.25, -0.2) is 4.98 Å². The number of nitrogens with two attached hydrogens (primary N) is 1. The molecule has 0 radical (unpaired) electrons. The molecule has 4 heteroatoms. The number of nitrogen functional groups attached to an aromatic ring is 1. The van der Waals surface area contributed by atoms with Crippen molar-refractivity contribution in [3.63, 3.8) is 0 Å². The van der Waals surface area contributed by atoms with Crippen molar-refractivity contribution in [3.8, 4) is 0 Å². The summed E-state index contributed by atoms with van der Waals surface area (Å²) in [7, 11) is 0. The van der Waals surface area contributed by atoms with Crippen LogP contribution in [0.15, 0.2) is 29.6 Å². The standard InChI is InChI=1S/C15H17N3S/c1-3-15-17-12-8-11(16)4-5-13(12)18(15)9-14-10(2)6-7-19-14/h4-8H,3,9,16H2,1-2H3. The summed E-state index contributed by atoms with van der Waals surface area (Å²) >= 11 is 1.81. The Morgan fingerprint density at radius 1 is 1.32 bits per heavy atom.